The molecular weight excluding hydrogens is 252 g/mol. The fourth-order valence-corrected chi connectivity index (χ4v) is 2.54. The van der Waals surface area contributed by atoms with Gasteiger partial charge in [-0.3, -0.25) is 4.79 Å². The molecule has 0 saturated heterocycles. The summed E-state index contributed by atoms with van der Waals surface area (Å²) in [6.45, 7) is 0. The number of hydrogen-bond acceptors (Lipinski definition) is 3. The van der Waals surface area contributed by atoms with Crippen molar-refractivity contribution in [1.29, 1.82) is 0 Å². The van der Waals surface area contributed by atoms with Gasteiger partial charge in [-0.15, -0.1) is 0 Å². The molecule has 3 heteroatoms. The molecule has 3 rings (SSSR count). The van der Waals surface area contributed by atoms with E-state index in [4.69, 9.17) is 0 Å². The van der Waals surface area contributed by atoms with Gasteiger partial charge >= 0.3 is 0 Å². The fraction of sp³-hybridized carbons (Fsp3) is 0.0588. The van der Waals surface area contributed by atoms with Gasteiger partial charge in [0.1, 0.15) is 0 Å². The van der Waals surface area contributed by atoms with Gasteiger partial charge in [0.2, 0.25) is 0 Å². The molecule has 0 fully saturated rings. The Labute approximate surface area is 116 Å². The Morgan fingerprint density at radius 3 is 2.15 bits per heavy atom. The normalized spacial score (nSPS) is 13.5. The first kappa shape index (κ1) is 12.4. The Hall–Kier alpha value is -2.68. The van der Waals surface area contributed by atoms with Crippen LogP contribution in [0.15, 0.2) is 60.2 Å². The van der Waals surface area contributed by atoms with Crippen molar-refractivity contribution in [3.05, 3.63) is 76.9 Å². The molecule has 2 aromatic rings. The van der Waals surface area contributed by atoms with Crippen molar-refractivity contribution in [2.75, 3.05) is 0 Å². The predicted octanol–water partition coefficient (Wildman–Crippen LogP) is 1.63. The first-order valence-electron chi connectivity index (χ1n) is 6.31. The van der Waals surface area contributed by atoms with Crippen LogP contribution >= 0.6 is 0 Å². The number of ketones is 1. The standard InChI is InChI=1S/C17H12O3/c18-16-13-9-5-4-8-12(13)15(17(19)20)14(16)10-11-6-2-1-3-7-11/h1-9H,10H2,(H,19,20)/p-1. The summed E-state index contributed by atoms with van der Waals surface area (Å²) in [6, 6.07) is 16.1. The summed E-state index contributed by atoms with van der Waals surface area (Å²) in [7, 11) is 0. The summed E-state index contributed by atoms with van der Waals surface area (Å²) in [5.74, 6) is -1.52. The zero-order chi connectivity index (χ0) is 14.1. The molecule has 0 amide bonds. The molecule has 0 unspecified atom stereocenters. The Kier molecular flexibility index (Phi) is 2.95. The van der Waals surface area contributed by atoms with Crippen LogP contribution in [-0.4, -0.2) is 11.8 Å². The summed E-state index contributed by atoms with van der Waals surface area (Å²) < 4.78 is 0. The molecule has 0 spiro atoms. The zero-order valence-corrected chi connectivity index (χ0v) is 10.6. The number of benzene rings is 2. The van der Waals surface area contributed by atoms with Crippen LogP contribution < -0.4 is 5.11 Å². The van der Waals surface area contributed by atoms with Crippen molar-refractivity contribution in [1.82, 2.24) is 0 Å². The number of Topliss-reactive ketones (excluding diaryl/α,β-unsaturated/α-hetero) is 1. The van der Waals surface area contributed by atoms with Gasteiger partial charge in [0.05, 0.1) is 5.97 Å². The molecular formula is C17H11O3-. The lowest BCUT2D eigenvalue weighted by Crippen LogP contribution is -2.24. The van der Waals surface area contributed by atoms with E-state index in [1.165, 1.54) is 0 Å². The summed E-state index contributed by atoms with van der Waals surface area (Å²) in [5.41, 5.74) is 2.13. The van der Waals surface area contributed by atoms with Crippen LogP contribution in [0.25, 0.3) is 5.57 Å². The van der Waals surface area contributed by atoms with E-state index in [0.717, 1.165) is 5.56 Å². The molecule has 0 saturated carbocycles. The summed E-state index contributed by atoms with van der Waals surface area (Å²) in [4.78, 5) is 23.8. The van der Waals surface area contributed by atoms with Crippen molar-refractivity contribution >= 4 is 17.3 Å². The van der Waals surface area contributed by atoms with E-state index < -0.39 is 5.97 Å². The van der Waals surface area contributed by atoms with Crippen molar-refractivity contribution in [2.24, 2.45) is 0 Å². The molecule has 0 heterocycles. The second-order valence-electron chi connectivity index (χ2n) is 4.68. The number of rotatable bonds is 3. The SMILES string of the molecule is O=C([O-])C1=C(Cc2ccccc2)C(=O)c2ccccc21. The van der Waals surface area contributed by atoms with Gasteiger partial charge in [-0.25, -0.2) is 0 Å². The first-order valence-corrected chi connectivity index (χ1v) is 6.31. The van der Waals surface area contributed by atoms with Crippen LogP contribution in [-0.2, 0) is 11.2 Å². The maximum Gasteiger partial charge on any atom is 0.190 e. The molecule has 0 N–H and O–H groups in total. The van der Waals surface area contributed by atoms with Crippen LogP contribution in [0, 0.1) is 0 Å². The number of carboxylic acid groups (broad SMARTS) is 1. The molecule has 1 aliphatic carbocycles. The van der Waals surface area contributed by atoms with Crippen LogP contribution in [0.2, 0.25) is 0 Å². The van der Waals surface area contributed by atoms with Crippen molar-refractivity contribution in [3.63, 3.8) is 0 Å². The molecule has 3 nitrogen and oxygen atoms in total. The van der Waals surface area contributed by atoms with E-state index in [9.17, 15) is 14.7 Å². The van der Waals surface area contributed by atoms with Crippen molar-refractivity contribution in [3.8, 4) is 0 Å². The van der Waals surface area contributed by atoms with Gasteiger partial charge in [0, 0.05) is 23.1 Å². The van der Waals surface area contributed by atoms with Crippen LogP contribution in [0.4, 0.5) is 0 Å². The topological polar surface area (TPSA) is 57.2 Å². The number of allylic oxidation sites excluding steroid dienone is 1. The fourth-order valence-electron chi connectivity index (χ4n) is 2.54. The maximum atomic E-state index is 12.4. The molecule has 1 aliphatic rings. The highest BCUT2D eigenvalue weighted by Crippen LogP contribution is 2.34. The summed E-state index contributed by atoms with van der Waals surface area (Å²) in [5, 5.41) is 11.4. The number of carbonyl (C=O) groups is 2. The van der Waals surface area contributed by atoms with Crippen molar-refractivity contribution < 1.29 is 14.7 Å². The van der Waals surface area contributed by atoms with E-state index in [0.29, 0.717) is 23.1 Å². The minimum atomic E-state index is -1.30. The quantitative estimate of drug-likeness (QED) is 0.845. The monoisotopic (exact) mass is 263 g/mol. The molecule has 0 bridgehead atoms. The zero-order valence-electron chi connectivity index (χ0n) is 10.6. The highest BCUT2D eigenvalue weighted by Gasteiger charge is 2.29. The maximum absolute atomic E-state index is 12.4. The minimum Gasteiger partial charge on any atom is -0.545 e. The van der Waals surface area contributed by atoms with E-state index in [-0.39, 0.29) is 11.4 Å². The molecule has 0 radical (unpaired) electrons. The highest BCUT2D eigenvalue weighted by atomic mass is 16.4. The molecule has 98 valence electrons. The van der Waals surface area contributed by atoms with Gasteiger partial charge < -0.3 is 9.90 Å². The Morgan fingerprint density at radius 1 is 0.900 bits per heavy atom. The lowest BCUT2D eigenvalue weighted by atomic mass is 10.00. The highest BCUT2D eigenvalue weighted by molar-refractivity contribution is 6.32. The molecule has 0 atom stereocenters. The van der Waals surface area contributed by atoms with E-state index >= 15 is 0 Å². The number of aliphatic carboxylic acids is 1. The Morgan fingerprint density at radius 2 is 1.50 bits per heavy atom. The molecule has 0 aromatic heterocycles. The first-order chi connectivity index (χ1) is 9.68. The van der Waals surface area contributed by atoms with Gasteiger partial charge in [-0.1, -0.05) is 54.6 Å². The second-order valence-corrected chi connectivity index (χ2v) is 4.68. The van der Waals surface area contributed by atoms with Gasteiger partial charge in [0.15, 0.2) is 5.78 Å². The molecule has 2 aromatic carbocycles. The largest absolute Gasteiger partial charge is 0.545 e. The molecule has 20 heavy (non-hydrogen) atoms. The number of carbonyl (C=O) groups excluding carboxylic acids is 2. The number of fused-ring (bicyclic) bond motifs is 1. The average molecular weight is 263 g/mol. The van der Waals surface area contributed by atoms with Crippen LogP contribution in [0.3, 0.4) is 0 Å². The third kappa shape index (κ3) is 1.93. The van der Waals surface area contributed by atoms with Crippen molar-refractivity contribution in [2.45, 2.75) is 6.42 Å². The number of hydrogen-bond donors (Lipinski definition) is 0. The Bertz CT molecular complexity index is 727. The van der Waals surface area contributed by atoms with E-state index in [2.05, 4.69) is 0 Å². The minimum absolute atomic E-state index is 0.0226. The smallest absolute Gasteiger partial charge is 0.190 e. The van der Waals surface area contributed by atoms with Crippen LogP contribution in [0.5, 0.6) is 0 Å². The van der Waals surface area contributed by atoms with Gasteiger partial charge in [0.25, 0.3) is 0 Å². The third-order valence-corrected chi connectivity index (χ3v) is 3.44. The summed E-state index contributed by atoms with van der Waals surface area (Å²) >= 11 is 0. The molecule has 0 aliphatic heterocycles. The predicted molar refractivity (Wildman–Crippen MR) is 72.8 cm³/mol. The Balaban J connectivity index is 2.11. The average Bonchev–Trinajstić information content (AvgIpc) is 2.74. The lowest BCUT2D eigenvalue weighted by Gasteiger charge is -2.08. The number of carboxylic acids is 1. The van der Waals surface area contributed by atoms with E-state index in [1.54, 1.807) is 24.3 Å². The van der Waals surface area contributed by atoms with Gasteiger partial charge in [-0.05, 0) is 11.1 Å². The van der Waals surface area contributed by atoms with Crippen LogP contribution in [0.1, 0.15) is 21.5 Å². The lowest BCUT2D eigenvalue weighted by molar-refractivity contribution is -0.295. The van der Waals surface area contributed by atoms with E-state index in [1.807, 2.05) is 30.3 Å². The third-order valence-electron chi connectivity index (χ3n) is 3.44. The second kappa shape index (κ2) is 4.78. The summed E-state index contributed by atoms with van der Waals surface area (Å²) in [6.07, 6.45) is 0.303. The van der Waals surface area contributed by atoms with Gasteiger partial charge in [-0.2, -0.15) is 0 Å².